The molecular weight excluding hydrogens is 220 g/mol. The molecule has 1 heterocycles. The molecule has 0 radical (unpaired) electrons. The van der Waals surface area contributed by atoms with Crippen LogP contribution in [0, 0.1) is 0 Å². The average molecular weight is 236 g/mol. The number of aromatic nitrogens is 1. The third-order valence-electron chi connectivity index (χ3n) is 2.90. The van der Waals surface area contributed by atoms with E-state index in [4.69, 9.17) is 0 Å². The first-order valence-electron chi connectivity index (χ1n) is 5.61. The van der Waals surface area contributed by atoms with Gasteiger partial charge in [0.15, 0.2) is 0 Å². The number of hydrogen-bond acceptors (Lipinski definition) is 3. The van der Waals surface area contributed by atoms with Crippen LogP contribution in [0.1, 0.15) is 36.0 Å². The second-order valence-electron chi connectivity index (χ2n) is 4.02. The fraction of sp³-hybridized carbons (Fsp3) is 0.500. The highest BCUT2D eigenvalue weighted by Gasteiger charge is 2.19. The molecule has 3 nitrogen and oxygen atoms in total. The smallest absolute Gasteiger partial charge is 0.254 e. The van der Waals surface area contributed by atoms with Crippen molar-refractivity contribution >= 4 is 17.7 Å². The number of rotatable bonds is 3. The first-order chi connectivity index (χ1) is 7.81. The van der Waals surface area contributed by atoms with Gasteiger partial charge < -0.3 is 5.32 Å². The minimum Gasteiger partial charge on any atom is -0.349 e. The number of amides is 1. The largest absolute Gasteiger partial charge is 0.349 e. The summed E-state index contributed by atoms with van der Waals surface area (Å²) in [5.74, 6) is 0.0179. The molecule has 86 valence electrons. The second-order valence-corrected chi connectivity index (χ2v) is 4.81. The summed E-state index contributed by atoms with van der Waals surface area (Å²) in [7, 11) is 0. The Hall–Kier alpha value is -1.03. The van der Waals surface area contributed by atoms with E-state index in [0.29, 0.717) is 11.6 Å². The van der Waals surface area contributed by atoms with Crippen molar-refractivity contribution in [3.05, 3.63) is 23.9 Å². The summed E-state index contributed by atoms with van der Waals surface area (Å²) in [6.45, 7) is 0. The van der Waals surface area contributed by atoms with Gasteiger partial charge in [0.05, 0.1) is 5.56 Å². The van der Waals surface area contributed by atoms with E-state index in [1.54, 1.807) is 6.20 Å². The van der Waals surface area contributed by atoms with E-state index < -0.39 is 0 Å². The van der Waals surface area contributed by atoms with Crippen LogP contribution in [0.15, 0.2) is 23.4 Å². The van der Waals surface area contributed by atoms with Crippen molar-refractivity contribution in [1.82, 2.24) is 10.3 Å². The predicted octanol–water partition coefficient (Wildman–Crippen LogP) is 2.48. The van der Waals surface area contributed by atoms with E-state index in [1.165, 1.54) is 24.6 Å². The highest BCUT2D eigenvalue weighted by atomic mass is 32.2. The normalized spacial score (nSPS) is 16.3. The number of thioether (sulfide) groups is 1. The molecular formula is C12H16N2OS. The summed E-state index contributed by atoms with van der Waals surface area (Å²) in [5.41, 5.74) is 0.696. The molecule has 0 aromatic carbocycles. The number of carbonyl (C=O) groups excluding carboxylic acids is 1. The molecule has 1 saturated carbocycles. The lowest BCUT2D eigenvalue weighted by atomic mass is 10.2. The second kappa shape index (κ2) is 5.34. The Morgan fingerprint density at radius 2 is 2.25 bits per heavy atom. The van der Waals surface area contributed by atoms with Crippen LogP contribution in [-0.2, 0) is 0 Å². The van der Waals surface area contributed by atoms with Gasteiger partial charge in [0, 0.05) is 12.2 Å². The molecule has 1 N–H and O–H groups in total. The monoisotopic (exact) mass is 236 g/mol. The lowest BCUT2D eigenvalue weighted by Crippen LogP contribution is -2.32. The number of nitrogens with zero attached hydrogens (tertiary/aromatic N) is 1. The third-order valence-corrected chi connectivity index (χ3v) is 3.61. The molecule has 2 rings (SSSR count). The fourth-order valence-electron chi connectivity index (χ4n) is 2.06. The van der Waals surface area contributed by atoms with Crippen LogP contribution in [-0.4, -0.2) is 23.2 Å². The van der Waals surface area contributed by atoms with E-state index in [0.717, 1.165) is 17.9 Å². The maximum absolute atomic E-state index is 12.0. The molecule has 1 amide bonds. The number of pyridine rings is 1. The quantitative estimate of drug-likeness (QED) is 0.820. The van der Waals surface area contributed by atoms with Crippen molar-refractivity contribution in [3.63, 3.8) is 0 Å². The van der Waals surface area contributed by atoms with Crippen LogP contribution in [0.5, 0.6) is 0 Å². The SMILES string of the molecule is CSc1ncccc1C(=O)NC1CCCC1. The Kier molecular flexibility index (Phi) is 3.83. The molecule has 0 spiro atoms. The molecule has 0 bridgehead atoms. The first-order valence-corrected chi connectivity index (χ1v) is 6.83. The van der Waals surface area contributed by atoms with E-state index in [1.807, 2.05) is 18.4 Å². The Balaban J connectivity index is 2.07. The molecule has 1 aliphatic rings. The zero-order valence-corrected chi connectivity index (χ0v) is 10.2. The van der Waals surface area contributed by atoms with Crippen LogP contribution in [0.4, 0.5) is 0 Å². The van der Waals surface area contributed by atoms with Crippen molar-refractivity contribution in [2.24, 2.45) is 0 Å². The Labute approximate surface area is 100 Å². The maximum atomic E-state index is 12.0. The highest BCUT2D eigenvalue weighted by Crippen LogP contribution is 2.20. The summed E-state index contributed by atoms with van der Waals surface area (Å²) in [5, 5.41) is 3.88. The molecule has 0 aliphatic heterocycles. The van der Waals surface area contributed by atoms with Crippen molar-refractivity contribution in [3.8, 4) is 0 Å². The number of hydrogen-bond donors (Lipinski definition) is 1. The van der Waals surface area contributed by atoms with Crippen LogP contribution in [0.25, 0.3) is 0 Å². The predicted molar refractivity (Wildman–Crippen MR) is 65.7 cm³/mol. The molecule has 1 aromatic rings. The molecule has 1 aromatic heterocycles. The van der Waals surface area contributed by atoms with Crippen LogP contribution in [0.2, 0.25) is 0 Å². The van der Waals surface area contributed by atoms with Crippen LogP contribution >= 0.6 is 11.8 Å². The van der Waals surface area contributed by atoms with E-state index >= 15 is 0 Å². The van der Waals surface area contributed by atoms with Gasteiger partial charge in [-0.2, -0.15) is 0 Å². The minimum absolute atomic E-state index is 0.0179. The number of nitrogens with one attached hydrogen (secondary N) is 1. The van der Waals surface area contributed by atoms with Crippen molar-refractivity contribution < 1.29 is 4.79 Å². The molecule has 0 atom stereocenters. The van der Waals surface area contributed by atoms with Crippen LogP contribution in [0.3, 0.4) is 0 Å². The van der Waals surface area contributed by atoms with Gasteiger partial charge in [-0.1, -0.05) is 12.8 Å². The lowest BCUT2D eigenvalue weighted by Gasteiger charge is -2.12. The van der Waals surface area contributed by atoms with Gasteiger partial charge >= 0.3 is 0 Å². The zero-order valence-electron chi connectivity index (χ0n) is 9.40. The van der Waals surface area contributed by atoms with Crippen molar-refractivity contribution in [2.45, 2.75) is 36.8 Å². The van der Waals surface area contributed by atoms with Gasteiger partial charge in [0.2, 0.25) is 0 Å². The van der Waals surface area contributed by atoms with Gasteiger partial charge in [0.25, 0.3) is 5.91 Å². The maximum Gasteiger partial charge on any atom is 0.254 e. The fourth-order valence-corrected chi connectivity index (χ4v) is 2.61. The van der Waals surface area contributed by atoms with Gasteiger partial charge in [-0.15, -0.1) is 11.8 Å². The van der Waals surface area contributed by atoms with E-state index in [-0.39, 0.29) is 5.91 Å². The summed E-state index contributed by atoms with van der Waals surface area (Å²) in [6, 6.07) is 4.01. The summed E-state index contributed by atoms with van der Waals surface area (Å²) < 4.78 is 0. The molecule has 4 heteroatoms. The molecule has 0 unspecified atom stereocenters. The van der Waals surface area contributed by atoms with Crippen molar-refractivity contribution in [2.75, 3.05) is 6.26 Å². The lowest BCUT2D eigenvalue weighted by molar-refractivity contribution is 0.0934. The Bertz CT molecular complexity index is 375. The van der Waals surface area contributed by atoms with Crippen molar-refractivity contribution in [1.29, 1.82) is 0 Å². The zero-order chi connectivity index (χ0) is 11.4. The van der Waals surface area contributed by atoms with E-state index in [2.05, 4.69) is 10.3 Å². The summed E-state index contributed by atoms with van der Waals surface area (Å²) in [6.07, 6.45) is 8.34. The highest BCUT2D eigenvalue weighted by molar-refractivity contribution is 7.98. The summed E-state index contributed by atoms with van der Waals surface area (Å²) in [4.78, 5) is 16.2. The molecule has 1 aliphatic carbocycles. The Morgan fingerprint density at radius 3 is 2.94 bits per heavy atom. The molecule has 0 saturated heterocycles. The summed E-state index contributed by atoms with van der Waals surface area (Å²) >= 11 is 1.51. The molecule has 16 heavy (non-hydrogen) atoms. The topological polar surface area (TPSA) is 42.0 Å². The molecule has 1 fully saturated rings. The minimum atomic E-state index is 0.0179. The van der Waals surface area contributed by atoms with Crippen LogP contribution < -0.4 is 5.32 Å². The van der Waals surface area contributed by atoms with Gasteiger partial charge in [-0.25, -0.2) is 4.98 Å². The van der Waals surface area contributed by atoms with Gasteiger partial charge in [0.1, 0.15) is 5.03 Å². The number of carbonyl (C=O) groups is 1. The third kappa shape index (κ3) is 2.55. The Morgan fingerprint density at radius 1 is 1.50 bits per heavy atom. The average Bonchev–Trinajstić information content (AvgIpc) is 2.81. The standard InChI is InChI=1S/C12H16N2OS/c1-16-12-10(7-4-8-13-12)11(15)14-9-5-2-3-6-9/h4,7-9H,2-3,5-6H2,1H3,(H,14,15). The van der Waals surface area contributed by atoms with Gasteiger partial charge in [-0.05, 0) is 31.2 Å². The van der Waals surface area contributed by atoms with E-state index in [9.17, 15) is 4.79 Å². The van der Waals surface area contributed by atoms with Gasteiger partial charge in [-0.3, -0.25) is 4.79 Å². The first kappa shape index (κ1) is 11.5.